The lowest BCUT2D eigenvalue weighted by Crippen LogP contribution is -2.42. The Bertz CT molecular complexity index is 507. The van der Waals surface area contributed by atoms with E-state index < -0.39 is 17.7 Å². The Hall–Kier alpha value is -2.22. The summed E-state index contributed by atoms with van der Waals surface area (Å²) in [7, 11) is 0. The number of carbonyl (C=O) groups excluding carboxylic acids is 1. The average Bonchev–Trinajstić information content (AvgIpc) is 2.41. The average molecular weight is 246 g/mol. The van der Waals surface area contributed by atoms with Crippen molar-refractivity contribution in [2.24, 2.45) is 0 Å². The SMILES string of the molecule is N#CC1CCCCN1C(=O)c1cccc(O)c1O. The van der Waals surface area contributed by atoms with E-state index in [1.165, 1.54) is 23.1 Å². The van der Waals surface area contributed by atoms with E-state index in [0.29, 0.717) is 13.0 Å². The molecule has 0 radical (unpaired) electrons. The van der Waals surface area contributed by atoms with Crippen molar-refractivity contribution in [2.45, 2.75) is 25.3 Å². The molecule has 1 aliphatic heterocycles. The lowest BCUT2D eigenvalue weighted by Gasteiger charge is -2.31. The normalized spacial score (nSPS) is 19.3. The van der Waals surface area contributed by atoms with Gasteiger partial charge in [0, 0.05) is 6.54 Å². The first kappa shape index (κ1) is 12.2. The maximum atomic E-state index is 12.2. The molecule has 1 amide bonds. The molecule has 1 atom stereocenters. The number of nitrogens with zero attached hydrogens (tertiary/aromatic N) is 2. The van der Waals surface area contributed by atoms with Gasteiger partial charge in [0.25, 0.3) is 5.91 Å². The van der Waals surface area contributed by atoms with E-state index in [4.69, 9.17) is 5.26 Å². The third-order valence-electron chi connectivity index (χ3n) is 3.16. The van der Waals surface area contributed by atoms with Gasteiger partial charge in [-0.1, -0.05) is 6.07 Å². The van der Waals surface area contributed by atoms with Crippen LogP contribution in [0.2, 0.25) is 0 Å². The van der Waals surface area contributed by atoms with Gasteiger partial charge < -0.3 is 15.1 Å². The number of nitriles is 1. The van der Waals surface area contributed by atoms with Gasteiger partial charge in [-0.2, -0.15) is 5.26 Å². The number of benzene rings is 1. The Morgan fingerprint density at radius 1 is 1.39 bits per heavy atom. The first-order valence-electron chi connectivity index (χ1n) is 5.86. The molecule has 1 aromatic rings. The fourth-order valence-electron chi connectivity index (χ4n) is 2.17. The predicted octanol–water partition coefficient (Wildman–Crippen LogP) is 1.62. The van der Waals surface area contributed by atoms with Gasteiger partial charge in [0.2, 0.25) is 0 Å². The third-order valence-corrected chi connectivity index (χ3v) is 3.16. The number of hydrogen-bond donors (Lipinski definition) is 2. The summed E-state index contributed by atoms with van der Waals surface area (Å²) in [4.78, 5) is 13.7. The molecule has 0 spiro atoms. The minimum Gasteiger partial charge on any atom is -0.504 e. The van der Waals surface area contributed by atoms with Crippen LogP contribution in [-0.2, 0) is 0 Å². The summed E-state index contributed by atoms with van der Waals surface area (Å²) in [6.45, 7) is 0.506. The van der Waals surface area contributed by atoms with Gasteiger partial charge in [0.15, 0.2) is 11.5 Å². The van der Waals surface area contributed by atoms with Crippen LogP contribution in [0.15, 0.2) is 18.2 Å². The van der Waals surface area contributed by atoms with Crippen LogP contribution in [0.5, 0.6) is 11.5 Å². The van der Waals surface area contributed by atoms with Crippen LogP contribution in [0.25, 0.3) is 0 Å². The van der Waals surface area contributed by atoms with Crippen molar-refractivity contribution in [3.63, 3.8) is 0 Å². The summed E-state index contributed by atoms with van der Waals surface area (Å²) in [5, 5.41) is 28.1. The van der Waals surface area contributed by atoms with Crippen molar-refractivity contribution in [1.82, 2.24) is 4.90 Å². The molecule has 1 fully saturated rings. The summed E-state index contributed by atoms with van der Waals surface area (Å²) < 4.78 is 0. The van der Waals surface area contributed by atoms with Crippen molar-refractivity contribution in [1.29, 1.82) is 5.26 Å². The number of aromatic hydroxyl groups is 2. The first-order valence-corrected chi connectivity index (χ1v) is 5.86. The van der Waals surface area contributed by atoms with Gasteiger partial charge in [-0.25, -0.2) is 0 Å². The zero-order valence-electron chi connectivity index (χ0n) is 9.83. The third kappa shape index (κ3) is 2.09. The van der Waals surface area contributed by atoms with Crippen molar-refractivity contribution < 1.29 is 15.0 Å². The molecule has 1 saturated heterocycles. The van der Waals surface area contributed by atoms with E-state index in [1.807, 2.05) is 0 Å². The van der Waals surface area contributed by atoms with E-state index in [9.17, 15) is 15.0 Å². The highest BCUT2D eigenvalue weighted by molar-refractivity contribution is 5.98. The minimum atomic E-state index is -0.451. The molecule has 1 heterocycles. The van der Waals surface area contributed by atoms with Gasteiger partial charge in [0.1, 0.15) is 6.04 Å². The second-order valence-electron chi connectivity index (χ2n) is 4.31. The van der Waals surface area contributed by atoms with Crippen LogP contribution in [-0.4, -0.2) is 33.6 Å². The van der Waals surface area contributed by atoms with Gasteiger partial charge in [-0.05, 0) is 31.4 Å². The highest BCUT2D eigenvalue weighted by Gasteiger charge is 2.29. The molecule has 0 aliphatic carbocycles. The highest BCUT2D eigenvalue weighted by atomic mass is 16.3. The van der Waals surface area contributed by atoms with Crippen molar-refractivity contribution >= 4 is 5.91 Å². The number of hydrogen-bond acceptors (Lipinski definition) is 4. The van der Waals surface area contributed by atoms with Crippen molar-refractivity contribution in [2.75, 3.05) is 6.54 Å². The van der Waals surface area contributed by atoms with Crippen LogP contribution >= 0.6 is 0 Å². The van der Waals surface area contributed by atoms with Gasteiger partial charge >= 0.3 is 0 Å². The number of phenols is 2. The number of piperidine rings is 1. The lowest BCUT2D eigenvalue weighted by molar-refractivity contribution is 0.0667. The number of amides is 1. The second kappa shape index (κ2) is 4.96. The summed E-state index contributed by atoms with van der Waals surface area (Å²) in [5.41, 5.74) is 0.0390. The molecule has 0 saturated carbocycles. The van der Waals surface area contributed by atoms with E-state index >= 15 is 0 Å². The zero-order chi connectivity index (χ0) is 13.1. The zero-order valence-corrected chi connectivity index (χ0v) is 9.83. The van der Waals surface area contributed by atoms with Gasteiger partial charge in [-0.15, -0.1) is 0 Å². The molecule has 0 bridgehead atoms. The standard InChI is InChI=1S/C13H14N2O3/c14-8-9-4-1-2-7-15(9)13(18)10-5-3-6-11(16)12(10)17/h3,5-6,9,16-17H,1-2,4,7H2. The Balaban J connectivity index is 2.30. The highest BCUT2D eigenvalue weighted by Crippen LogP contribution is 2.30. The maximum Gasteiger partial charge on any atom is 0.258 e. The molecular formula is C13H14N2O3. The number of likely N-dealkylation sites (tertiary alicyclic amines) is 1. The van der Waals surface area contributed by atoms with Crippen LogP contribution in [0, 0.1) is 11.3 Å². The topological polar surface area (TPSA) is 84.6 Å². The molecule has 18 heavy (non-hydrogen) atoms. The smallest absolute Gasteiger partial charge is 0.258 e. The number of para-hydroxylation sites is 1. The summed E-state index contributed by atoms with van der Waals surface area (Å²) in [6, 6.07) is 5.90. The summed E-state index contributed by atoms with van der Waals surface area (Å²) >= 11 is 0. The Kier molecular flexibility index (Phi) is 3.38. The fourth-order valence-corrected chi connectivity index (χ4v) is 2.17. The number of carbonyl (C=O) groups is 1. The summed E-state index contributed by atoms with van der Waals surface area (Å²) in [5.74, 6) is -1.16. The van der Waals surface area contributed by atoms with Gasteiger partial charge in [-0.3, -0.25) is 4.79 Å². The van der Waals surface area contributed by atoms with E-state index in [1.54, 1.807) is 0 Å². The largest absolute Gasteiger partial charge is 0.504 e. The maximum absolute atomic E-state index is 12.2. The molecule has 2 N–H and O–H groups in total. The molecule has 2 rings (SSSR count). The van der Waals surface area contributed by atoms with Crippen LogP contribution in [0.1, 0.15) is 29.6 Å². The van der Waals surface area contributed by atoms with Crippen LogP contribution in [0.4, 0.5) is 0 Å². The van der Waals surface area contributed by atoms with Gasteiger partial charge in [0.05, 0.1) is 11.6 Å². The Morgan fingerprint density at radius 3 is 2.89 bits per heavy atom. The predicted molar refractivity (Wildman–Crippen MR) is 64.1 cm³/mol. The van der Waals surface area contributed by atoms with E-state index in [0.717, 1.165) is 12.8 Å². The van der Waals surface area contributed by atoms with E-state index in [-0.39, 0.29) is 11.3 Å². The molecule has 0 aromatic heterocycles. The van der Waals surface area contributed by atoms with E-state index in [2.05, 4.69) is 6.07 Å². The quantitative estimate of drug-likeness (QED) is 0.737. The van der Waals surface area contributed by atoms with Crippen molar-refractivity contribution in [3.05, 3.63) is 23.8 Å². The Labute approximate surface area is 105 Å². The summed E-state index contributed by atoms with van der Waals surface area (Å²) in [6.07, 6.45) is 2.43. The molecule has 1 aromatic carbocycles. The molecule has 94 valence electrons. The first-order chi connectivity index (χ1) is 8.65. The molecule has 5 nitrogen and oxygen atoms in total. The second-order valence-corrected chi connectivity index (χ2v) is 4.31. The molecule has 1 unspecified atom stereocenters. The van der Waals surface area contributed by atoms with Crippen LogP contribution in [0.3, 0.4) is 0 Å². The molecule has 5 heteroatoms. The molecule has 1 aliphatic rings. The minimum absolute atomic E-state index is 0.0390. The lowest BCUT2D eigenvalue weighted by atomic mass is 10.0. The molecular weight excluding hydrogens is 232 g/mol. The fraction of sp³-hybridized carbons (Fsp3) is 0.385. The number of phenolic OH excluding ortho intramolecular Hbond substituents is 2. The van der Waals surface area contributed by atoms with Crippen molar-refractivity contribution in [3.8, 4) is 17.6 Å². The number of rotatable bonds is 1. The van der Waals surface area contributed by atoms with Crippen LogP contribution < -0.4 is 0 Å². The Morgan fingerprint density at radius 2 is 2.17 bits per heavy atom. The monoisotopic (exact) mass is 246 g/mol.